The van der Waals surface area contributed by atoms with Crippen molar-refractivity contribution in [2.24, 2.45) is 0 Å². The van der Waals surface area contributed by atoms with Crippen molar-refractivity contribution in [3.63, 3.8) is 0 Å². The van der Waals surface area contributed by atoms with Crippen LogP contribution in [0.4, 0.5) is 0 Å². The minimum absolute atomic E-state index is 0.0256. The Bertz CT molecular complexity index is 426. The summed E-state index contributed by atoms with van der Waals surface area (Å²) in [5.41, 5.74) is 2.16. The Labute approximate surface area is 87.1 Å². The molecule has 0 spiro atoms. The molecule has 0 unspecified atom stereocenters. The molecule has 1 aromatic carbocycles. The number of rotatable bonds is 1. The number of fused-ring (bicyclic) bond motifs is 5. The highest BCUT2D eigenvalue weighted by Crippen LogP contribution is 2.51. The zero-order valence-electron chi connectivity index (χ0n) is 7.66. The molecule has 2 aliphatic heterocycles. The number of halogens is 1. The maximum Gasteiger partial charge on any atom is 0.125 e. The number of ether oxygens (including phenoxy) is 2. The van der Waals surface area contributed by atoms with Crippen LogP contribution in [0.1, 0.15) is 23.3 Å². The van der Waals surface area contributed by atoms with Crippen LogP contribution >= 0.6 is 11.6 Å². The van der Waals surface area contributed by atoms with Gasteiger partial charge in [-0.3, -0.25) is 0 Å². The van der Waals surface area contributed by atoms with E-state index in [0.717, 1.165) is 21.9 Å². The quantitative estimate of drug-likeness (QED) is 0.661. The van der Waals surface area contributed by atoms with Gasteiger partial charge in [0.15, 0.2) is 0 Å². The first-order valence-corrected chi connectivity index (χ1v) is 4.89. The molecule has 0 aromatic heterocycles. The van der Waals surface area contributed by atoms with Crippen LogP contribution in [0.15, 0.2) is 24.3 Å². The molecule has 0 saturated carbocycles. The lowest BCUT2D eigenvalue weighted by Gasteiger charge is -2.12. The molecule has 0 fully saturated rings. The summed E-state index contributed by atoms with van der Waals surface area (Å²) >= 11 is 6.12. The first kappa shape index (κ1) is 8.33. The van der Waals surface area contributed by atoms with E-state index in [-0.39, 0.29) is 12.2 Å². The predicted octanol–water partition coefficient (Wildman–Crippen LogP) is 3.03. The Morgan fingerprint density at radius 3 is 2.64 bits per heavy atom. The lowest BCUT2D eigenvalue weighted by molar-refractivity contribution is 0.0870. The topological polar surface area (TPSA) is 18.5 Å². The summed E-state index contributed by atoms with van der Waals surface area (Å²) < 4.78 is 11.0. The fourth-order valence-electron chi connectivity index (χ4n) is 2.13. The largest absolute Gasteiger partial charge is 0.496 e. The minimum Gasteiger partial charge on any atom is -0.496 e. The maximum absolute atomic E-state index is 6.12. The molecule has 3 rings (SSSR count). The fraction of sp³-hybridized carbons (Fsp3) is 0.273. The van der Waals surface area contributed by atoms with Crippen molar-refractivity contribution >= 4 is 11.6 Å². The lowest BCUT2D eigenvalue weighted by atomic mass is 9.96. The predicted molar refractivity (Wildman–Crippen MR) is 53.7 cm³/mol. The smallest absolute Gasteiger partial charge is 0.125 e. The van der Waals surface area contributed by atoms with Crippen LogP contribution in [0.2, 0.25) is 5.02 Å². The van der Waals surface area contributed by atoms with E-state index in [1.807, 2.05) is 24.3 Å². The number of methoxy groups -OCH3 is 1. The van der Waals surface area contributed by atoms with Gasteiger partial charge >= 0.3 is 0 Å². The summed E-state index contributed by atoms with van der Waals surface area (Å²) in [4.78, 5) is 0. The summed E-state index contributed by atoms with van der Waals surface area (Å²) in [6, 6.07) is 3.75. The highest BCUT2D eigenvalue weighted by molar-refractivity contribution is 6.31. The standard InChI is InChI=1S/C11H9ClO2/c1-13-7-3-2-6(12)10-8-4-5-9(14-8)11(7)10/h2-5,8-9H,1H3/t8-,9+/m0/s1. The number of hydrogen-bond acceptors (Lipinski definition) is 2. The van der Waals surface area contributed by atoms with E-state index in [2.05, 4.69) is 0 Å². The molecular formula is C11H9ClO2. The maximum atomic E-state index is 6.12. The minimum atomic E-state index is 0.0256. The van der Waals surface area contributed by atoms with Crippen LogP contribution in [0.5, 0.6) is 5.75 Å². The van der Waals surface area contributed by atoms with Crippen molar-refractivity contribution in [1.82, 2.24) is 0 Å². The van der Waals surface area contributed by atoms with Gasteiger partial charge in [0.1, 0.15) is 18.0 Å². The molecule has 14 heavy (non-hydrogen) atoms. The van der Waals surface area contributed by atoms with Crippen LogP contribution in [0.3, 0.4) is 0 Å². The van der Waals surface area contributed by atoms with Crippen molar-refractivity contribution in [3.05, 3.63) is 40.4 Å². The van der Waals surface area contributed by atoms with E-state index >= 15 is 0 Å². The van der Waals surface area contributed by atoms with Gasteiger partial charge in [-0.25, -0.2) is 0 Å². The van der Waals surface area contributed by atoms with Crippen LogP contribution < -0.4 is 4.74 Å². The summed E-state index contributed by atoms with van der Waals surface area (Å²) in [5.74, 6) is 0.862. The number of hydrogen-bond donors (Lipinski definition) is 0. The van der Waals surface area contributed by atoms with E-state index in [9.17, 15) is 0 Å². The normalized spacial score (nSPS) is 26.7. The molecule has 0 N–H and O–H groups in total. The van der Waals surface area contributed by atoms with Crippen molar-refractivity contribution in [2.75, 3.05) is 7.11 Å². The molecule has 2 atom stereocenters. The summed E-state index contributed by atoms with van der Waals surface area (Å²) in [6.07, 6.45) is 4.14. The van der Waals surface area contributed by atoms with Crippen molar-refractivity contribution < 1.29 is 9.47 Å². The Morgan fingerprint density at radius 1 is 1.21 bits per heavy atom. The summed E-state index contributed by atoms with van der Waals surface area (Å²) in [5, 5.41) is 0.762. The monoisotopic (exact) mass is 208 g/mol. The molecule has 0 saturated heterocycles. The summed E-state index contributed by atoms with van der Waals surface area (Å²) in [7, 11) is 1.67. The number of benzene rings is 1. The Kier molecular flexibility index (Phi) is 1.64. The van der Waals surface area contributed by atoms with E-state index in [1.54, 1.807) is 7.11 Å². The van der Waals surface area contributed by atoms with Gasteiger partial charge in [0.25, 0.3) is 0 Å². The third-order valence-corrected chi connectivity index (χ3v) is 3.07. The average molecular weight is 209 g/mol. The Hall–Kier alpha value is -0.990. The molecule has 0 amide bonds. The van der Waals surface area contributed by atoms with E-state index in [1.165, 1.54) is 0 Å². The molecule has 3 heteroatoms. The van der Waals surface area contributed by atoms with Crippen LogP contribution in [0.25, 0.3) is 0 Å². The van der Waals surface area contributed by atoms with Crippen LogP contribution in [-0.4, -0.2) is 7.11 Å². The van der Waals surface area contributed by atoms with Gasteiger partial charge in [0.2, 0.25) is 0 Å². The van der Waals surface area contributed by atoms with Gasteiger partial charge in [0.05, 0.1) is 7.11 Å². The highest BCUT2D eigenvalue weighted by atomic mass is 35.5. The van der Waals surface area contributed by atoms with E-state index < -0.39 is 0 Å². The lowest BCUT2D eigenvalue weighted by Crippen LogP contribution is -1.98. The van der Waals surface area contributed by atoms with E-state index in [4.69, 9.17) is 21.1 Å². The van der Waals surface area contributed by atoms with Crippen molar-refractivity contribution in [2.45, 2.75) is 12.2 Å². The zero-order chi connectivity index (χ0) is 9.71. The molecule has 2 aliphatic rings. The molecule has 2 nitrogen and oxygen atoms in total. The van der Waals surface area contributed by atoms with Gasteiger partial charge < -0.3 is 9.47 Å². The molecule has 2 bridgehead atoms. The third-order valence-electron chi connectivity index (χ3n) is 2.74. The molecule has 2 heterocycles. The molecule has 0 radical (unpaired) electrons. The SMILES string of the molecule is COc1ccc(Cl)c2c1[C@H]1C=C[C@@H]2O1. The Morgan fingerprint density at radius 2 is 1.93 bits per heavy atom. The van der Waals surface area contributed by atoms with Gasteiger partial charge in [-0.1, -0.05) is 23.8 Å². The second kappa shape index (κ2) is 2.75. The first-order chi connectivity index (χ1) is 6.81. The van der Waals surface area contributed by atoms with Gasteiger partial charge in [0, 0.05) is 16.1 Å². The summed E-state index contributed by atoms with van der Waals surface area (Å²) in [6.45, 7) is 0. The van der Waals surface area contributed by atoms with Gasteiger partial charge in [-0.05, 0) is 12.1 Å². The second-order valence-electron chi connectivity index (χ2n) is 3.44. The molecule has 0 aliphatic carbocycles. The van der Waals surface area contributed by atoms with Crippen molar-refractivity contribution in [1.29, 1.82) is 0 Å². The van der Waals surface area contributed by atoms with Crippen LogP contribution in [-0.2, 0) is 4.74 Å². The molecule has 72 valence electrons. The van der Waals surface area contributed by atoms with Gasteiger partial charge in [-0.15, -0.1) is 0 Å². The fourth-order valence-corrected chi connectivity index (χ4v) is 2.40. The second-order valence-corrected chi connectivity index (χ2v) is 3.85. The van der Waals surface area contributed by atoms with Crippen LogP contribution in [0, 0.1) is 0 Å². The van der Waals surface area contributed by atoms with Gasteiger partial charge in [-0.2, -0.15) is 0 Å². The van der Waals surface area contributed by atoms with Crippen molar-refractivity contribution in [3.8, 4) is 5.75 Å². The molecular weight excluding hydrogens is 200 g/mol. The Balaban J connectivity index is 2.27. The van der Waals surface area contributed by atoms with E-state index in [0.29, 0.717) is 0 Å². The molecule has 1 aromatic rings. The first-order valence-electron chi connectivity index (χ1n) is 4.51. The highest BCUT2D eigenvalue weighted by Gasteiger charge is 2.37. The average Bonchev–Trinajstić information content (AvgIpc) is 2.79. The zero-order valence-corrected chi connectivity index (χ0v) is 8.41. The third kappa shape index (κ3) is 0.900.